The van der Waals surface area contributed by atoms with E-state index >= 15 is 0 Å². The molecule has 1 saturated carbocycles. The molecule has 76 valence electrons. The quantitative estimate of drug-likeness (QED) is 0.727. The van der Waals surface area contributed by atoms with Crippen molar-refractivity contribution < 1.29 is 4.74 Å². The standard InChI is InChI=1S/C11H21NO/c12-11(6-2-8-13-9-11)7-5-10-3-1-4-10/h10H,1-9,12H2. The first-order valence-corrected chi connectivity index (χ1v) is 5.65. The highest BCUT2D eigenvalue weighted by atomic mass is 16.5. The lowest BCUT2D eigenvalue weighted by Crippen LogP contribution is -2.47. The molecular formula is C11H21NO. The normalized spacial score (nSPS) is 35.8. The Hall–Kier alpha value is -0.0800. The summed E-state index contributed by atoms with van der Waals surface area (Å²) in [5.74, 6) is 0.988. The van der Waals surface area contributed by atoms with Crippen molar-refractivity contribution >= 4 is 0 Å². The molecule has 0 aromatic carbocycles. The largest absolute Gasteiger partial charge is 0.380 e. The molecule has 1 aliphatic carbocycles. The number of rotatable bonds is 3. The van der Waals surface area contributed by atoms with Crippen LogP contribution in [-0.2, 0) is 4.74 Å². The minimum atomic E-state index is 0.0217. The summed E-state index contributed by atoms with van der Waals surface area (Å²) in [5.41, 5.74) is 6.28. The average Bonchev–Trinajstić information content (AvgIpc) is 2.02. The van der Waals surface area contributed by atoms with Crippen LogP contribution in [0.3, 0.4) is 0 Å². The predicted octanol–water partition coefficient (Wildman–Crippen LogP) is 2.07. The van der Waals surface area contributed by atoms with Crippen LogP contribution in [0.15, 0.2) is 0 Å². The Labute approximate surface area is 80.8 Å². The van der Waals surface area contributed by atoms with Gasteiger partial charge < -0.3 is 10.5 Å². The molecule has 0 spiro atoms. The van der Waals surface area contributed by atoms with Crippen molar-refractivity contribution in [2.75, 3.05) is 13.2 Å². The smallest absolute Gasteiger partial charge is 0.0646 e. The fourth-order valence-electron chi connectivity index (χ4n) is 2.34. The van der Waals surface area contributed by atoms with Crippen molar-refractivity contribution in [3.8, 4) is 0 Å². The first-order chi connectivity index (χ1) is 6.29. The van der Waals surface area contributed by atoms with Crippen molar-refractivity contribution in [1.29, 1.82) is 0 Å². The summed E-state index contributed by atoms with van der Waals surface area (Å²) < 4.78 is 5.44. The van der Waals surface area contributed by atoms with Crippen LogP contribution in [-0.4, -0.2) is 18.8 Å². The van der Waals surface area contributed by atoms with Crippen LogP contribution >= 0.6 is 0 Å². The molecule has 0 bridgehead atoms. The van der Waals surface area contributed by atoms with Gasteiger partial charge in [0.25, 0.3) is 0 Å². The lowest BCUT2D eigenvalue weighted by Gasteiger charge is -2.36. The van der Waals surface area contributed by atoms with Gasteiger partial charge in [-0.2, -0.15) is 0 Å². The molecule has 2 rings (SSSR count). The summed E-state index contributed by atoms with van der Waals surface area (Å²) in [4.78, 5) is 0. The van der Waals surface area contributed by atoms with Crippen molar-refractivity contribution in [2.24, 2.45) is 11.7 Å². The SMILES string of the molecule is NC1(CCC2CCC2)CCCOC1. The van der Waals surface area contributed by atoms with Crippen LogP contribution in [0.5, 0.6) is 0 Å². The second-order valence-corrected chi connectivity index (χ2v) is 4.85. The van der Waals surface area contributed by atoms with Crippen LogP contribution in [0.2, 0.25) is 0 Å². The van der Waals surface area contributed by atoms with Crippen LogP contribution < -0.4 is 5.73 Å². The number of ether oxygens (including phenoxy) is 1. The maximum atomic E-state index is 6.26. The lowest BCUT2D eigenvalue weighted by atomic mass is 9.78. The molecule has 1 atom stereocenters. The van der Waals surface area contributed by atoms with Crippen molar-refractivity contribution in [3.63, 3.8) is 0 Å². The maximum Gasteiger partial charge on any atom is 0.0646 e. The van der Waals surface area contributed by atoms with Gasteiger partial charge in [-0.3, -0.25) is 0 Å². The highest BCUT2D eigenvalue weighted by Gasteiger charge is 2.29. The number of nitrogens with two attached hydrogens (primary N) is 1. The fourth-order valence-corrected chi connectivity index (χ4v) is 2.34. The predicted molar refractivity (Wildman–Crippen MR) is 53.5 cm³/mol. The molecule has 0 amide bonds. The summed E-state index contributed by atoms with van der Waals surface area (Å²) in [6.45, 7) is 1.71. The Morgan fingerprint density at radius 1 is 1.31 bits per heavy atom. The molecule has 2 fully saturated rings. The summed E-state index contributed by atoms with van der Waals surface area (Å²) in [6.07, 6.45) is 9.16. The van der Waals surface area contributed by atoms with Gasteiger partial charge in [0.1, 0.15) is 0 Å². The summed E-state index contributed by atoms with van der Waals surface area (Å²) >= 11 is 0. The highest BCUT2D eigenvalue weighted by Crippen LogP contribution is 2.33. The zero-order valence-corrected chi connectivity index (χ0v) is 8.43. The molecule has 2 nitrogen and oxygen atoms in total. The Morgan fingerprint density at radius 2 is 2.15 bits per heavy atom. The third kappa shape index (κ3) is 2.44. The van der Waals surface area contributed by atoms with Crippen molar-refractivity contribution in [1.82, 2.24) is 0 Å². The van der Waals surface area contributed by atoms with Gasteiger partial charge in [-0.25, -0.2) is 0 Å². The van der Waals surface area contributed by atoms with Crippen LogP contribution in [0.4, 0.5) is 0 Å². The zero-order chi connectivity index (χ0) is 9.15. The molecule has 2 N–H and O–H groups in total. The van der Waals surface area contributed by atoms with Crippen LogP contribution in [0, 0.1) is 5.92 Å². The van der Waals surface area contributed by atoms with Gasteiger partial charge in [-0.05, 0) is 31.6 Å². The molecule has 0 radical (unpaired) electrons. The van der Waals surface area contributed by atoms with E-state index in [4.69, 9.17) is 10.5 Å². The van der Waals surface area contributed by atoms with E-state index in [9.17, 15) is 0 Å². The molecular weight excluding hydrogens is 162 g/mol. The molecule has 2 heteroatoms. The minimum Gasteiger partial charge on any atom is -0.380 e. The Morgan fingerprint density at radius 3 is 2.69 bits per heavy atom. The van der Waals surface area contributed by atoms with Crippen LogP contribution in [0.25, 0.3) is 0 Å². The summed E-state index contributed by atoms with van der Waals surface area (Å²) in [5, 5.41) is 0. The Bertz CT molecular complexity index is 159. The minimum absolute atomic E-state index is 0.0217. The van der Waals surface area contributed by atoms with Gasteiger partial charge in [0.2, 0.25) is 0 Å². The van der Waals surface area contributed by atoms with Gasteiger partial charge in [-0.15, -0.1) is 0 Å². The van der Waals surface area contributed by atoms with Gasteiger partial charge in [0.05, 0.1) is 6.61 Å². The van der Waals surface area contributed by atoms with Gasteiger partial charge in [-0.1, -0.05) is 19.3 Å². The second-order valence-electron chi connectivity index (χ2n) is 4.85. The topological polar surface area (TPSA) is 35.2 Å². The second kappa shape index (κ2) is 3.97. The number of hydrogen-bond donors (Lipinski definition) is 1. The summed E-state index contributed by atoms with van der Waals surface area (Å²) in [6, 6.07) is 0. The third-order valence-corrected chi connectivity index (χ3v) is 3.63. The lowest BCUT2D eigenvalue weighted by molar-refractivity contribution is 0.0300. The van der Waals surface area contributed by atoms with E-state index in [1.807, 2.05) is 0 Å². The third-order valence-electron chi connectivity index (χ3n) is 3.63. The van der Waals surface area contributed by atoms with Crippen LogP contribution in [0.1, 0.15) is 44.9 Å². The average molecular weight is 183 g/mol. The van der Waals surface area contributed by atoms with E-state index in [-0.39, 0.29) is 5.54 Å². The zero-order valence-electron chi connectivity index (χ0n) is 8.43. The molecule has 0 aromatic heterocycles. The molecule has 1 saturated heterocycles. The van der Waals surface area contributed by atoms with E-state index in [1.54, 1.807) is 0 Å². The molecule has 2 aliphatic rings. The number of hydrogen-bond acceptors (Lipinski definition) is 2. The molecule has 13 heavy (non-hydrogen) atoms. The van der Waals surface area contributed by atoms with Gasteiger partial charge in [0.15, 0.2) is 0 Å². The van der Waals surface area contributed by atoms with Crippen molar-refractivity contribution in [2.45, 2.75) is 50.5 Å². The van der Waals surface area contributed by atoms with E-state index in [0.29, 0.717) is 0 Å². The van der Waals surface area contributed by atoms with E-state index < -0.39 is 0 Å². The van der Waals surface area contributed by atoms with Gasteiger partial charge in [0, 0.05) is 12.1 Å². The monoisotopic (exact) mass is 183 g/mol. The van der Waals surface area contributed by atoms with Crippen molar-refractivity contribution in [3.05, 3.63) is 0 Å². The molecule has 0 aromatic rings. The molecule has 1 heterocycles. The van der Waals surface area contributed by atoms with E-state index in [1.165, 1.54) is 38.5 Å². The maximum absolute atomic E-state index is 6.26. The Kier molecular flexibility index (Phi) is 2.89. The van der Waals surface area contributed by atoms with Gasteiger partial charge >= 0.3 is 0 Å². The first kappa shape index (κ1) is 9.47. The molecule has 1 aliphatic heterocycles. The molecule has 1 unspecified atom stereocenters. The Balaban J connectivity index is 1.71. The first-order valence-electron chi connectivity index (χ1n) is 5.65. The van der Waals surface area contributed by atoms with E-state index in [2.05, 4.69) is 0 Å². The highest BCUT2D eigenvalue weighted by molar-refractivity contribution is 4.87. The fraction of sp³-hybridized carbons (Fsp3) is 1.00. The van der Waals surface area contributed by atoms with E-state index in [0.717, 1.165) is 25.6 Å². The summed E-state index contributed by atoms with van der Waals surface area (Å²) in [7, 11) is 0.